The summed E-state index contributed by atoms with van der Waals surface area (Å²) in [4.78, 5) is 38.3. The normalized spacial score (nSPS) is 22.4. The van der Waals surface area contributed by atoms with E-state index in [-0.39, 0.29) is 37.2 Å². The molecule has 8 heteroatoms. The molecule has 2 atom stereocenters. The number of benzene rings is 1. The topological polar surface area (TPSA) is 75.7 Å². The van der Waals surface area contributed by atoms with Gasteiger partial charge in [0.05, 0.1) is 11.5 Å². The van der Waals surface area contributed by atoms with Crippen LogP contribution in [-0.4, -0.2) is 48.4 Å². The molecule has 1 saturated carbocycles. The van der Waals surface area contributed by atoms with Gasteiger partial charge in [-0.25, -0.2) is 8.78 Å². The third kappa shape index (κ3) is 5.55. The van der Waals surface area contributed by atoms with Crippen molar-refractivity contribution < 1.29 is 27.9 Å². The predicted molar refractivity (Wildman–Crippen MR) is 106 cm³/mol. The first-order chi connectivity index (χ1) is 14.3. The van der Waals surface area contributed by atoms with Crippen LogP contribution < -0.4 is 5.32 Å². The number of hydrogen-bond donors (Lipinski definition) is 1. The molecule has 0 aromatic heterocycles. The number of carbonyl (C=O) groups is 3. The summed E-state index contributed by atoms with van der Waals surface area (Å²) in [5.74, 6) is -2.91. The lowest BCUT2D eigenvalue weighted by Gasteiger charge is -2.31. The Morgan fingerprint density at radius 3 is 2.47 bits per heavy atom. The first kappa shape index (κ1) is 22.2. The Hall–Kier alpha value is -2.51. The molecule has 1 N–H and O–H groups in total. The number of esters is 1. The number of halogens is 2. The van der Waals surface area contributed by atoms with E-state index in [1.807, 2.05) is 0 Å². The molecule has 2 fully saturated rings. The number of likely N-dealkylation sites (tertiary alicyclic amines) is 1. The monoisotopic (exact) mass is 422 g/mol. The van der Waals surface area contributed by atoms with Crippen LogP contribution in [0.2, 0.25) is 0 Å². The fourth-order valence-corrected chi connectivity index (χ4v) is 4.19. The number of ether oxygens (including phenoxy) is 1. The SMILES string of the molecule is CC1CCCCC1NC(=O)COC(=O)C1CCN(C(=O)c2ccc(F)cc2F)CC1. The molecular weight excluding hydrogens is 394 g/mol. The predicted octanol–water partition coefficient (Wildman–Crippen LogP) is 3.06. The summed E-state index contributed by atoms with van der Waals surface area (Å²) in [5.41, 5.74) is -0.189. The third-order valence-electron chi connectivity index (χ3n) is 6.08. The Morgan fingerprint density at radius 2 is 1.80 bits per heavy atom. The molecule has 1 aliphatic heterocycles. The minimum absolute atomic E-state index is 0.131. The summed E-state index contributed by atoms with van der Waals surface area (Å²) in [6, 6.07) is 2.97. The number of amides is 2. The Balaban J connectivity index is 1.42. The first-order valence-electron chi connectivity index (χ1n) is 10.6. The van der Waals surface area contributed by atoms with E-state index in [0.29, 0.717) is 24.8 Å². The molecule has 1 saturated heterocycles. The highest BCUT2D eigenvalue weighted by Gasteiger charge is 2.30. The summed E-state index contributed by atoms with van der Waals surface area (Å²) in [5, 5.41) is 2.95. The van der Waals surface area contributed by atoms with Crippen LogP contribution in [0.4, 0.5) is 8.78 Å². The molecule has 1 aliphatic carbocycles. The second-order valence-corrected chi connectivity index (χ2v) is 8.23. The molecular formula is C22H28F2N2O4. The molecule has 0 radical (unpaired) electrons. The maximum atomic E-state index is 13.8. The molecule has 1 aromatic rings. The fraction of sp³-hybridized carbons (Fsp3) is 0.591. The fourth-order valence-electron chi connectivity index (χ4n) is 4.19. The second-order valence-electron chi connectivity index (χ2n) is 8.23. The van der Waals surface area contributed by atoms with Gasteiger partial charge >= 0.3 is 5.97 Å². The van der Waals surface area contributed by atoms with Gasteiger partial charge in [-0.1, -0.05) is 19.8 Å². The first-order valence-corrected chi connectivity index (χ1v) is 10.6. The Morgan fingerprint density at radius 1 is 1.10 bits per heavy atom. The highest BCUT2D eigenvalue weighted by atomic mass is 19.1. The van der Waals surface area contributed by atoms with Gasteiger partial charge < -0.3 is 15.0 Å². The molecule has 6 nitrogen and oxygen atoms in total. The number of nitrogens with one attached hydrogen (secondary N) is 1. The molecule has 3 rings (SSSR count). The van der Waals surface area contributed by atoms with Crippen molar-refractivity contribution in [1.29, 1.82) is 0 Å². The standard InChI is InChI=1S/C22H28F2N2O4/c1-14-4-2-3-5-19(14)25-20(27)13-30-22(29)15-8-10-26(11-9-15)21(28)17-7-6-16(23)12-18(17)24/h6-7,12,14-15,19H,2-5,8-11,13H2,1H3,(H,25,27). The number of piperidine rings is 1. The van der Waals surface area contributed by atoms with E-state index in [9.17, 15) is 23.2 Å². The minimum atomic E-state index is -0.903. The zero-order valence-corrected chi connectivity index (χ0v) is 17.2. The van der Waals surface area contributed by atoms with Crippen molar-refractivity contribution in [3.05, 3.63) is 35.4 Å². The quantitative estimate of drug-likeness (QED) is 0.740. The highest BCUT2D eigenvalue weighted by molar-refractivity contribution is 5.94. The summed E-state index contributed by atoms with van der Waals surface area (Å²) >= 11 is 0. The van der Waals surface area contributed by atoms with Gasteiger partial charge in [0.1, 0.15) is 11.6 Å². The molecule has 1 aromatic carbocycles. The van der Waals surface area contributed by atoms with E-state index in [1.165, 1.54) is 11.3 Å². The largest absolute Gasteiger partial charge is 0.455 e. The van der Waals surface area contributed by atoms with Crippen LogP contribution in [0, 0.1) is 23.5 Å². The van der Waals surface area contributed by atoms with E-state index < -0.39 is 29.4 Å². The van der Waals surface area contributed by atoms with E-state index in [0.717, 1.165) is 31.4 Å². The van der Waals surface area contributed by atoms with Crippen LogP contribution in [0.15, 0.2) is 18.2 Å². The number of carbonyl (C=O) groups excluding carboxylic acids is 3. The second kappa shape index (κ2) is 10.00. The van der Waals surface area contributed by atoms with Gasteiger partial charge in [-0.2, -0.15) is 0 Å². The highest BCUT2D eigenvalue weighted by Crippen LogP contribution is 2.24. The van der Waals surface area contributed by atoms with Crippen LogP contribution >= 0.6 is 0 Å². The Labute approximate surface area is 174 Å². The van der Waals surface area contributed by atoms with Crippen molar-refractivity contribution in [3.8, 4) is 0 Å². The maximum Gasteiger partial charge on any atom is 0.309 e. The summed E-state index contributed by atoms with van der Waals surface area (Å²) in [6.45, 7) is 2.34. The van der Waals surface area contributed by atoms with E-state index in [1.54, 1.807) is 0 Å². The lowest BCUT2D eigenvalue weighted by Crippen LogP contribution is -2.44. The van der Waals surface area contributed by atoms with Gasteiger partial charge in [0.2, 0.25) is 0 Å². The average Bonchev–Trinajstić information content (AvgIpc) is 2.73. The molecule has 30 heavy (non-hydrogen) atoms. The van der Waals surface area contributed by atoms with Gasteiger partial charge in [-0.15, -0.1) is 0 Å². The van der Waals surface area contributed by atoms with Crippen LogP contribution in [0.3, 0.4) is 0 Å². The molecule has 1 heterocycles. The van der Waals surface area contributed by atoms with Crippen LogP contribution in [0.25, 0.3) is 0 Å². The Kier molecular flexibility index (Phi) is 7.39. The third-order valence-corrected chi connectivity index (χ3v) is 6.08. The lowest BCUT2D eigenvalue weighted by molar-refractivity contribution is -0.154. The number of nitrogens with zero attached hydrogens (tertiary/aromatic N) is 1. The van der Waals surface area contributed by atoms with E-state index in [2.05, 4.69) is 12.2 Å². The van der Waals surface area contributed by atoms with Crippen molar-refractivity contribution >= 4 is 17.8 Å². The smallest absolute Gasteiger partial charge is 0.309 e. The summed E-state index contributed by atoms with van der Waals surface area (Å²) < 4.78 is 32.0. The van der Waals surface area contributed by atoms with Crippen LogP contribution in [0.1, 0.15) is 55.8 Å². The molecule has 164 valence electrons. The molecule has 0 spiro atoms. The van der Waals surface area contributed by atoms with E-state index >= 15 is 0 Å². The molecule has 0 bridgehead atoms. The Bertz CT molecular complexity index is 793. The molecule has 2 unspecified atom stereocenters. The van der Waals surface area contributed by atoms with E-state index in [4.69, 9.17) is 4.74 Å². The van der Waals surface area contributed by atoms with Crippen LogP contribution in [-0.2, 0) is 14.3 Å². The van der Waals surface area contributed by atoms with Gasteiger partial charge in [0.15, 0.2) is 6.61 Å². The lowest BCUT2D eigenvalue weighted by atomic mass is 9.86. The van der Waals surface area contributed by atoms with Gasteiger partial charge in [-0.3, -0.25) is 14.4 Å². The van der Waals surface area contributed by atoms with Gasteiger partial charge in [0, 0.05) is 25.2 Å². The summed E-state index contributed by atoms with van der Waals surface area (Å²) in [6.07, 6.45) is 5.04. The maximum absolute atomic E-state index is 13.8. The minimum Gasteiger partial charge on any atom is -0.455 e. The van der Waals surface area contributed by atoms with Crippen molar-refractivity contribution in [2.75, 3.05) is 19.7 Å². The number of hydrogen-bond acceptors (Lipinski definition) is 4. The zero-order chi connectivity index (χ0) is 21.7. The molecule has 2 amide bonds. The van der Waals surface area contributed by atoms with Crippen molar-refractivity contribution in [1.82, 2.24) is 10.2 Å². The van der Waals surface area contributed by atoms with Crippen molar-refractivity contribution in [2.45, 2.75) is 51.5 Å². The van der Waals surface area contributed by atoms with Crippen molar-refractivity contribution in [2.24, 2.45) is 11.8 Å². The summed E-state index contributed by atoms with van der Waals surface area (Å²) in [7, 11) is 0. The van der Waals surface area contributed by atoms with Gasteiger partial charge in [0.25, 0.3) is 11.8 Å². The molecule has 2 aliphatic rings. The number of rotatable bonds is 5. The van der Waals surface area contributed by atoms with Crippen molar-refractivity contribution in [3.63, 3.8) is 0 Å². The average molecular weight is 422 g/mol. The van der Waals surface area contributed by atoms with Crippen LogP contribution in [0.5, 0.6) is 0 Å². The van der Waals surface area contributed by atoms with Gasteiger partial charge in [-0.05, 0) is 43.7 Å². The zero-order valence-electron chi connectivity index (χ0n) is 17.2.